The van der Waals surface area contributed by atoms with Gasteiger partial charge in [0.25, 0.3) is 0 Å². The SMILES string of the molecule is COC(OC)C1=CCCC(=O)C1(C)C. The molecule has 0 fully saturated rings. The molecule has 0 saturated carbocycles. The van der Waals surface area contributed by atoms with Crippen LogP contribution in [0.25, 0.3) is 0 Å². The number of carbonyl (C=O) groups excluding carboxylic acids is 1. The van der Waals surface area contributed by atoms with Crippen LogP contribution in [0.2, 0.25) is 0 Å². The number of rotatable bonds is 3. The molecule has 0 atom stereocenters. The van der Waals surface area contributed by atoms with Gasteiger partial charge in [0, 0.05) is 26.1 Å². The van der Waals surface area contributed by atoms with Crippen molar-refractivity contribution >= 4 is 5.78 Å². The van der Waals surface area contributed by atoms with Gasteiger partial charge in [0.05, 0.1) is 0 Å². The molecule has 14 heavy (non-hydrogen) atoms. The molecular weight excluding hydrogens is 180 g/mol. The fraction of sp³-hybridized carbons (Fsp3) is 0.727. The molecule has 0 amide bonds. The van der Waals surface area contributed by atoms with Crippen LogP contribution in [0.1, 0.15) is 26.7 Å². The topological polar surface area (TPSA) is 35.5 Å². The fourth-order valence-corrected chi connectivity index (χ4v) is 1.83. The van der Waals surface area contributed by atoms with E-state index in [2.05, 4.69) is 6.08 Å². The average molecular weight is 198 g/mol. The van der Waals surface area contributed by atoms with Crippen LogP contribution in [0.3, 0.4) is 0 Å². The summed E-state index contributed by atoms with van der Waals surface area (Å²) in [4.78, 5) is 11.7. The number of hydrogen-bond acceptors (Lipinski definition) is 3. The zero-order valence-corrected chi connectivity index (χ0v) is 9.29. The maximum absolute atomic E-state index is 11.7. The maximum atomic E-state index is 11.7. The number of methoxy groups -OCH3 is 2. The van der Waals surface area contributed by atoms with Crippen molar-refractivity contribution in [1.82, 2.24) is 0 Å². The van der Waals surface area contributed by atoms with Gasteiger partial charge in [-0.1, -0.05) is 6.08 Å². The van der Waals surface area contributed by atoms with E-state index in [9.17, 15) is 4.79 Å². The van der Waals surface area contributed by atoms with Gasteiger partial charge in [-0.3, -0.25) is 4.79 Å². The number of Topliss-reactive ketones (excluding diaryl/α,β-unsaturated/α-hetero) is 1. The Kier molecular flexibility index (Phi) is 3.45. The molecule has 1 aliphatic rings. The van der Waals surface area contributed by atoms with Gasteiger partial charge < -0.3 is 9.47 Å². The summed E-state index contributed by atoms with van der Waals surface area (Å²) in [6.07, 6.45) is 3.07. The predicted molar refractivity (Wildman–Crippen MR) is 53.9 cm³/mol. The van der Waals surface area contributed by atoms with E-state index in [0.29, 0.717) is 6.42 Å². The van der Waals surface area contributed by atoms with Crippen molar-refractivity contribution < 1.29 is 14.3 Å². The van der Waals surface area contributed by atoms with Crippen molar-refractivity contribution in [3.05, 3.63) is 11.6 Å². The highest BCUT2D eigenvalue weighted by Gasteiger charge is 2.37. The third kappa shape index (κ3) is 1.88. The number of hydrogen-bond donors (Lipinski definition) is 0. The van der Waals surface area contributed by atoms with Gasteiger partial charge in [0.1, 0.15) is 5.78 Å². The van der Waals surface area contributed by atoms with Crippen LogP contribution in [0.5, 0.6) is 0 Å². The van der Waals surface area contributed by atoms with Crippen molar-refractivity contribution in [2.75, 3.05) is 14.2 Å². The highest BCUT2D eigenvalue weighted by atomic mass is 16.7. The maximum Gasteiger partial charge on any atom is 0.180 e. The number of allylic oxidation sites excluding steroid dienone is 1. The third-order valence-corrected chi connectivity index (χ3v) is 2.84. The molecule has 0 saturated heterocycles. The van der Waals surface area contributed by atoms with Crippen molar-refractivity contribution in [2.24, 2.45) is 5.41 Å². The molecule has 0 bridgehead atoms. The van der Waals surface area contributed by atoms with Gasteiger partial charge in [-0.25, -0.2) is 0 Å². The summed E-state index contributed by atoms with van der Waals surface area (Å²) in [7, 11) is 3.17. The van der Waals surface area contributed by atoms with Crippen molar-refractivity contribution in [3.63, 3.8) is 0 Å². The van der Waals surface area contributed by atoms with E-state index < -0.39 is 11.7 Å². The van der Waals surface area contributed by atoms with Gasteiger partial charge >= 0.3 is 0 Å². The predicted octanol–water partition coefficient (Wildman–Crippen LogP) is 1.92. The lowest BCUT2D eigenvalue weighted by molar-refractivity contribution is -0.131. The Hall–Kier alpha value is -0.670. The Balaban J connectivity index is 2.95. The molecule has 0 spiro atoms. The van der Waals surface area contributed by atoms with Crippen LogP contribution in [0.15, 0.2) is 11.6 Å². The normalized spacial score (nSPS) is 21.2. The Morgan fingerprint density at radius 1 is 1.36 bits per heavy atom. The molecule has 0 aliphatic heterocycles. The van der Waals surface area contributed by atoms with Gasteiger partial charge in [-0.15, -0.1) is 0 Å². The summed E-state index contributed by atoms with van der Waals surface area (Å²) in [5.74, 6) is 0.258. The van der Waals surface area contributed by atoms with Gasteiger partial charge in [0.15, 0.2) is 6.29 Å². The molecule has 0 unspecified atom stereocenters. The van der Waals surface area contributed by atoms with Crippen LogP contribution in [0.4, 0.5) is 0 Å². The molecule has 3 heteroatoms. The van der Waals surface area contributed by atoms with Crippen molar-refractivity contribution in [3.8, 4) is 0 Å². The molecular formula is C11H18O3. The summed E-state index contributed by atoms with van der Waals surface area (Å²) in [6, 6.07) is 0. The molecule has 0 radical (unpaired) electrons. The summed E-state index contributed by atoms with van der Waals surface area (Å²) >= 11 is 0. The molecule has 0 heterocycles. The molecule has 0 aromatic rings. The van der Waals surface area contributed by atoms with E-state index >= 15 is 0 Å². The number of carbonyl (C=O) groups is 1. The lowest BCUT2D eigenvalue weighted by Crippen LogP contribution is -2.36. The summed E-state index contributed by atoms with van der Waals surface area (Å²) in [5, 5.41) is 0. The minimum Gasteiger partial charge on any atom is -0.352 e. The Labute approximate surface area is 85.1 Å². The van der Waals surface area contributed by atoms with Gasteiger partial charge in [0.2, 0.25) is 0 Å². The van der Waals surface area contributed by atoms with E-state index in [1.807, 2.05) is 13.8 Å². The van der Waals surface area contributed by atoms with Crippen LogP contribution in [0, 0.1) is 5.41 Å². The standard InChI is InChI=1S/C11H18O3/c1-11(2)8(10(13-3)14-4)6-5-7-9(11)12/h6,10H,5,7H2,1-4H3. The largest absolute Gasteiger partial charge is 0.352 e. The number of ether oxygens (including phenoxy) is 2. The van der Waals surface area contributed by atoms with Crippen LogP contribution in [-0.4, -0.2) is 26.3 Å². The second-order valence-electron chi connectivity index (χ2n) is 4.05. The van der Waals surface area contributed by atoms with E-state index in [4.69, 9.17) is 9.47 Å². The highest BCUT2D eigenvalue weighted by molar-refractivity contribution is 5.88. The monoisotopic (exact) mass is 198 g/mol. The first-order valence-corrected chi connectivity index (χ1v) is 4.83. The van der Waals surface area contributed by atoms with E-state index in [1.165, 1.54) is 0 Å². The molecule has 0 aromatic carbocycles. The molecule has 0 aromatic heterocycles. The van der Waals surface area contributed by atoms with Crippen LogP contribution in [-0.2, 0) is 14.3 Å². The third-order valence-electron chi connectivity index (χ3n) is 2.84. The summed E-state index contributed by atoms with van der Waals surface area (Å²) < 4.78 is 10.4. The second-order valence-corrected chi connectivity index (χ2v) is 4.05. The first-order valence-electron chi connectivity index (χ1n) is 4.83. The lowest BCUT2D eigenvalue weighted by atomic mass is 9.74. The quantitative estimate of drug-likeness (QED) is 0.513. The van der Waals surface area contributed by atoms with E-state index in [-0.39, 0.29) is 5.78 Å². The minimum atomic E-state index is -0.449. The Morgan fingerprint density at radius 3 is 2.43 bits per heavy atom. The first kappa shape index (κ1) is 11.4. The van der Waals surface area contributed by atoms with Crippen molar-refractivity contribution in [1.29, 1.82) is 0 Å². The lowest BCUT2D eigenvalue weighted by Gasteiger charge is -2.33. The second kappa shape index (κ2) is 4.24. The van der Waals surface area contributed by atoms with Crippen LogP contribution < -0.4 is 0 Å². The summed E-state index contributed by atoms with van der Waals surface area (Å²) in [5.41, 5.74) is 0.494. The molecule has 3 nitrogen and oxygen atoms in total. The van der Waals surface area contributed by atoms with E-state index in [1.54, 1.807) is 14.2 Å². The average Bonchev–Trinajstić information content (AvgIpc) is 2.14. The molecule has 1 rings (SSSR count). The Morgan fingerprint density at radius 2 is 1.93 bits per heavy atom. The zero-order valence-electron chi connectivity index (χ0n) is 9.29. The summed E-state index contributed by atoms with van der Waals surface area (Å²) in [6.45, 7) is 3.84. The Bertz CT molecular complexity index is 249. The zero-order chi connectivity index (χ0) is 10.8. The number of ketones is 1. The fourth-order valence-electron chi connectivity index (χ4n) is 1.83. The van der Waals surface area contributed by atoms with Crippen molar-refractivity contribution in [2.45, 2.75) is 33.0 Å². The molecule has 80 valence electrons. The molecule has 1 aliphatic carbocycles. The van der Waals surface area contributed by atoms with Crippen LogP contribution >= 0.6 is 0 Å². The smallest absolute Gasteiger partial charge is 0.180 e. The minimum absolute atomic E-state index is 0.258. The first-order chi connectivity index (χ1) is 6.54. The van der Waals surface area contributed by atoms with Gasteiger partial charge in [-0.2, -0.15) is 0 Å². The van der Waals surface area contributed by atoms with E-state index in [0.717, 1.165) is 12.0 Å². The molecule has 0 N–H and O–H groups in total. The van der Waals surface area contributed by atoms with Gasteiger partial charge in [-0.05, 0) is 25.8 Å². The highest BCUT2D eigenvalue weighted by Crippen LogP contribution is 2.36.